The Labute approximate surface area is 142 Å². The first-order chi connectivity index (χ1) is 12.1. The van der Waals surface area contributed by atoms with E-state index in [2.05, 4.69) is 0 Å². The summed E-state index contributed by atoms with van der Waals surface area (Å²) >= 11 is 0. The van der Waals surface area contributed by atoms with Crippen LogP contribution < -0.4 is 5.32 Å². The smallest absolute Gasteiger partial charge is 0.328 e. The number of nitrogens with one attached hydrogen (secondary N) is 1. The van der Waals surface area contributed by atoms with Crippen molar-refractivity contribution in [3.05, 3.63) is 33.6 Å². The number of amides is 2. The van der Waals surface area contributed by atoms with Crippen molar-refractivity contribution in [1.82, 2.24) is 4.90 Å². The average Bonchev–Trinajstić information content (AvgIpc) is 3.01. The summed E-state index contributed by atoms with van der Waals surface area (Å²) in [5, 5.41) is 12.9. The molecule has 1 aromatic rings. The van der Waals surface area contributed by atoms with Gasteiger partial charge in [-0.3, -0.25) is 19.7 Å². The molecule has 0 saturated carbocycles. The Kier molecular flexibility index (Phi) is 5.42. The molecule has 0 radical (unpaired) electrons. The number of carbonyl (C=O) groups excluding carboxylic acids is 2. The number of hydrogen-bond acceptors (Lipinski definition) is 4. The van der Waals surface area contributed by atoms with Crippen molar-refractivity contribution in [1.29, 1.82) is 0 Å². The highest BCUT2D eigenvalue weighted by Crippen LogP contribution is 2.39. The first-order valence-electron chi connectivity index (χ1n) is 7.27. The number of nitro groups is 1. The Morgan fingerprint density at radius 3 is 2.54 bits per heavy atom. The molecule has 1 N–H and O–H groups in total. The molecule has 1 unspecified atom stereocenters. The number of likely N-dealkylation sites (tertiary alicyclic amines) is 1. The molecule has 1 heterocycles. The number of hydrogen-bond donors (Lipinski definition) is 1. The van der Waals surface area contributed by atoms with Crippen LogP contribution in [0.15, 0.2) is 12.1 Å². The molecule has 1 aromatic carbocycles. The van der Waals surface area contributed by atoms with E-state index in [-0.39, 0.29) is 19.4 Å². The van der Waals surface area contributed by atoms with Crippen LogP contribution in [0, 0.1) is 15.9 Å². The molecular formula is C14H12F5N3O4. The first kappa shape index (κ1) is 19.5. The topological polar surface area (TPSA) is 92.6 Å². The second-order valence-corrected chi connectivity index (χ2v) is 5.48. The summed E-state index contributed by atoms with van der Waals surface area (Å²) in [6.07, 6.45) is -5.04. The number of nitro benzene ring substituents is 1. The Morgan fingerprint density at radius 2 is 2.00 bits per heavy atom. The zero-order chi connectivity index (χ0) is 19.6. The molecule has 26 heavy (non-hydrogen) atoms. The predicted molar refractivity (Wildman–Crippen MR) is 77.4 cm³/mol. The number of benzene rings is 1. The van der Waals surface area contributed by atoms with Crippen LogP contribution in [-0.2, 0) is 9.59 Å². The molecule has 0 aromatic heterocycles. The fraction of sp³-hybridized carbons (Fsp3) is 0.429. The fourth-order valence-corrected chi connectivity index (χ4v) is 2.76. The highest BCUT2D eigenvalue weighted by Gasteiger charge is 2.47. The average molecular weight is 381 g/mol. The van der Waals surface area contributed by atoms with E-state index in [1.54, 1.807) is 5.32 Å². The van der Waals surface area contributed by atoms with E-state index in [4.69, 9.17) is 0 Å². The molecule has 1 aliphatic rings. The van der Waals surface area contributed by atoms with Crippen molar-refractivity contribution < 1.29 is 36.5 Å². The third-order valence-corrected chi connectivity index (χ3v) is 3.82. The van der Waals surface area contributed by atoms with Gasteiger partial charge in [-0.2, -0.15) is 13.2 Å². The quantitative estimate of drug-likeness (QED) is 0.493. The molecule has 7 nitrogen and oxygen atoms in total. The van der Waals surface area contributed by atoms with E-state index < -0.39 is 58.4 Å². The molecule has 1 saturated heterocycles. The van der Waals surface area contributed by atoms with Gasteiger partial charge in [0.1, 0.15) is 11.5 Å². The minimum absolute atomic E-state index is 0.0217. The summed E-state index contributed by atoms with van der Waals surface area (Å²) in [6, 6.07) is -0.167. The van der Waals surface area contributed by atoms with Crippen LogP contribution in [0.2, 0.25) is 0 Å². The van der Waals surface area contributed by atoms with Crippen LogP contribution in [-0.4, -0.2) is 41.0 Å². The van der Waals surface area contributed by atoms with Gasteiger partial charge in [0.05, 0.1) is 11.0 Å². The lowest BCUT2D eigenvalue weighted by Crippen LogP contribution is -2.40. The van der Waals surface area contributed by atoms with E-state index in [0.29, 0.717) is 17.0 Å². The van der Waals surface area contributed by atoms with Gasteiger partial charge in [0, 0.05) is 24.2 Å². The molecule has 2 amide bonds. The van der Waals surface area contributed by atoms with Gasteiger partial charge in [-0.25, -0.2) is 8.78 Å². The van der Waals surface area contributed by atoms with Crippen LogP contribution in [0.4, 0.5) is 33.3 Å². The standard InChI is InChI=1S/C14H12F5N3O4/c15-6-12(23)20-9-5-8(16)7(4-11(9)22(25)26)10-2-1-3-21(10)13(24)14(17,18)19/h4-5,10H,1-3,6H2,(H,20,23). The number of rotatable bonds is 4. The van der Waals surface area contributed by atoms with Crippen LogP contribution in [0.25, 0.3) is 0 Å². The monoisotopic (exact) mass is 381 g/mol. The summed E-state index contributed by atoms with van der Waals surface area (Å²) < 4.78 is 64.6. The zero-order valence-corrected chi connectivity index (χ0v) is 13.0. The Morgan fingerprint density at radius 1 is 1.35 bits per heavy atom. The highest BCUT2D eigenvalue weighted by atomic mass is 19.4. The van der Waals surface area contributed by atoms with Crippen LogP contribution in [0.5, 0.6) is 0 Å². The number of alkyl halides is 4. The van der Waals surface area contributed by atoms with Gasteiger partial charge in [-0.05, 0) is 12.8 Å². The van der Waals surface area contributed by atoms with Crippen LogP contribution >= 0.6 is 0 Å². The minimum atomic E-state index is -5.17. The summed E-state index contributed by atoms with van der Waals surface area (Å²) in [5.74, 6) is -4.58. The summed E-state index contributed by atoms with van der Waals surface area (Å²) in [4.78, 5) is 33.1. The van der Waals surface area contributed by atoms with Crippen LogP contribution in [0.1, 0.15) is 24.4 Å². The maximum absolute atomic E-state index is 14.3. The molecule has 0 bridgehead atoms. The number of nitrogens with zero attached hydrogens (tertiary/aromatic N) is 2. The van der Waals surface area contributed by atoms with Crippen molar-refractivity contribution in [3.8, 4) is 0 Å². The molecule has 1 atom stereocenters. The SMILES string of the molecule is O=C(CF)Nc1cc(F)c(C2CCCN2C(=O)C(F)(F)F)cc1[N+](=O)[O-]. The third-order valence-electron chi connectivity index (χ3n) is 3.82. The van der Waals surface area contributed by atoms with E-state index in [0.717, 1.165) is 0 Å². The molecule has 1 aliphatic heterocycles. The van der Waals surface area contributed by atoms with Gasteiger partial charge in [0.2, 0.25) is 0 Å². The lowest BCUT2D eigenvalue weighted by atomic mass is 10.0. The van der Waals surface area contributed by atoms with Gasteiger partial charge in [0.15, 0.2) is 6.67 Å². The van der Waals surface area contributed by atoms with Crippen molar-refractivity contribution in [2.45, 2.75) is 25.1 Å². The second-order valence-electron chi connectivity index (χ2n) is 5.48. The second kappa shape index (κ2) is 7.22. The van der Waals surface area contributed by atoms with Crippen molar-refractivity contribution in [2.75, 3.05) is 18.5 Å². The number of anilines is 1. The van der Waals surface area contributed by atoms with Crippen molar-refractivity contribution in [2.24, 2.45) is 0 Å². The third kappa shape index (κ3) is 3.89. The molecule has 2 rings (SSSR count). The highest BCUT2D eigenvalue weighted by molar-refractivity contribution is 5.94. The first-order valence-corrected chi connectivity index (χ1v) is 7.27. The summed E-state index contributed by atoms with van der Waals surface area (Å²) in [6.45, 7) is -1.78. The Bertz CT molecular complexity index is 753. The van der Waals surface area contributed by atoms with E-state index in [1.807, 2.05) is 0 Å². The minimum Gasteiger partial charge on any atom is -0.328 e. The Hall–Kier alpha value is -2.79. The largest absolute Gasteiger partial charge is 0.471 e. The van der Waals surface area contributed by atoms with Gasteiger partial charge >= 0.3 is 12.1 Å². The lowest BCUT2D eigenvalue weighted by Gasteiger charge is -2.26. The summed E-state index contributed by atoms with van der Waals surface area (Å²) in [5.41, 5.74) is -1.94. The number of halogens is 5. The van der Waals surface area contributed by atoms with Crippen molar-refractivity contribution >= 4 is 23.2 Å². The molecule has 12 heteroatoms. The fourth-order valence-electron chi connectivity index (χ4n) is 2.76. The van der Waals surface area contributed by atoms with Gasteiger partial charge in [-0.15, -0.1) is 0 Å². The van der Waals surface area contributed by atoms with E-state index in [1.165, 1.54) is 0 Å². The van der Waals surface area contributed by atoms with Gasteiger partial charge in [0.25, 0.3) is 11.6 Å². The van der Waals surface area contributed by atoms with E-state index >= 15 is 0 Å². The summed E-state index contributed by atoms with van der Waals surface area (Å²) in [7, 11) is 0. The molecular weight excluding hydrogens is 369 g/mol. The molecule has 142 valence electrons. The number of carbonyl (C=O) groups is 2. The van der Waals surface area contributed by atoms with Crippen molar-refractivity contribution in [3.63, 3.8) is 0 Å². The zero-order valence-electron chi connectivity index (χ0n) is 13.0. The normalized spacial score (nSPS) is 17.3. The Balaban J connectivity index is 2.46. The molecule has 0 aliphatic carbocycles. The predicted octanol–water partition coefficient (Wildman–Crippen LogP) is 2.87. The maximum atomic E-state index is 14.3. The van der Waals surface area contributed by atoms with Gasteiger partial charge in [-0.1, -0.05) is 0 Å². The van der Waals surface area contributed by atoms with E-state index in [9.17, 15) is 41.7 Å². The molecule has 0 spiro atoms. The maximum Gasteiger partial charge on any atom is 0.471 e. The van der Waals surface area contributed by atoms with Gasteiger partial charge < -0.3 is 10.2 Å². The lowest BCUT2D eigenvalue weighted by molar-refractivity contribution is -0.384. The van der Waals surface area contributed by atoms with Crippen LogP contribution in [0.3, 0.4) is 0 Å². The molecule has 1 fully saturated rings.